The van der Waals surface area contributed by atoms with Crippen LogP contribution in [0.2, 0.25) is 5.02 Å². The van der Waals surface area contributed by atoms with Crippen molar-refractivity contribution >= 4 is 17.6 Å². The van der Waals surface area contributed by atoms with Crippen molar-refractivity contribution in [2.45, 2.75) is 20.0 Å². The van der Waals surface area contributed by atoms with Crippen molar-refractivity contribution in [3.8, 4) is 5.88 Å². The molecular weight excluding hydrogens is 312 g/mol. The molecule has 0 bridgehead atoms. The number of guanidine groups is 1. The minimum atomic E-state index is 0.550. The Labute approximate surface area is 141 Å². The van der Waals surface area contributed by atoms with Gasteiger partial charge < -0.3 is 15.4 Å². The summed E-state index contributed by atoms with van der Waals surface area (Å²) in [4.78, 5) is 8.67. The maximum absolute atomic E-state index is 5.89. The van der Waals surface area contributed by atoms with Crippen molar-refractivity contribution in [1.82, 2.24) is 15.6 Å². The Kier molecular flexibility index (Phi) is 6.69. The first-order valence-electron chi connectivity index (χ1n) is 7.47. The van der Waals surface area contributed by atoms with Crippen LogP contribution in [0.15, 0.2) is 47.6 Å². The smallest absolute Gasteiger partial charge is 0.213 e. The highest BCUT2D eigenvalue weighted by molar-refractivity contribution is 6.30. The molecule has 2 N–H and O–H groups in total. The second-order valence-corrected chi connectivity index (χ2v) is 5.32. The molecule has 0 aliphatic carbocycles. The van der Waals surface area contributed by atoms with E-state index >= 15 is 0 Å². The van der Waals surface area contributed by atoms with Gasteiger partial charge in [0.1, 0.15) is 0 Å². The van der Waals surface area contributed by atoms with Crippen molar-refractivity contribution in [2.75, 3.05) is 13.7 Å². The van der Waals surface area contributed by atoms with E-state index in [2.05, 4.69) is 20.6 Å². The highest BCUT2D eigenvalue weighted by Gasteiger charge is 2.00. The van der Waals surface area contributed by atoms with E-state index in [1.54, 1.807) is 13.3 Å². The molecule has 0 saturated carbocycles. The number of halogens is 1. The summed E-state index contributed by atoms with van der Waals surface area (Å²) in [5.74, 6) is 1.36. The van der Waals surface area contributed by atoms with Gasteiger partial charge in [0.2, 0.25) is 5.88 Å². The number of aromatic nitrogens is 1. The van der Waals surface area contributed by atoms with Crippen LogP contribution in [0, 0.1) is 0 Å². The predicted molar refractivity (Wildman–Crippen MR) is 93.9 cm³/mol. The fourth-order valence-corrected chi connectivity index (χ4v) is 2.09. The summed E-state index contributed by atoms with van der Waals surface area (Å²) >= 11 is 5.89. The van der Waals surface area contributed by atoms with Gasteiger partial charge in [0.15, 0.2) is 5.96 Å². The fourth-order valence-electron chi connectivity index (χ4n) is 1.96. The second-order valence-electron chi connectivity index (χ2n) is 4.88. The Morgan fingerprint density at radius 1 is 1.17 bits per heavy atom. The lowest BCUT2D eigenvalue weighted by Gasteiger charge is -2.11. The van der Waals surface area contributed by atoms with Gasteiger partial charge in [0, 0.05) is 30.4 Å². The first-order chi connectivity index (χ1) is 11.2. The molecule has 0 amide bonds. The first-order valence-corrected chi connectivity index (χ1v) is 7.84. The van der Waals surface area contributed by atoms with Gasteiger partial charge in [-0.1, -0.05) is 23.7 Å². The van der Waals surface area contributed by atoms with Crippen LogP contribution in [-0.4, -0.2) is 24.6 Å². The number of ether oxygens (including phenoxy) is 1. The molecule has 0 aliphatic rings. The van der Waals surface area contributed by atoms with E-state index in [4.69, 9.17) is 16.3 Å². The number of hydrogen-bond donors (Lipinski definition) is 2. The molecule has 0 saturated heterocycles. The molecule has 5 nitrogen and oxygen atoms in total. The Bertz CT molecular complexity index is 643. The van der Waals surface area contributed by atoms with Crippen molar-refractivity contribution in [3.05, 3.63) is 58.7 Å². The minimum Gasteiger partial charge on any atom is -0.481 e. The first kappa shape index (κ1) is 17.1. The van der Waals surface area contributed by atoms with Crippen LogP contribution in [-0.2, 0) is 13.1 Å². The number of rotatable bonds is 6. The monoisotopic (exact) mass is 332 g/mol. The number of nitrogens with zero attached hydrogens (tertiary/aromatic N) is 2. The van der Waals surface area contributed by atoms with Crippen molar-refractivity contribution in [1.29, 1.82) is 0 Å². The van der Waals surface area contributed by atoms with E-state index in [1.165, 1.54) is 0 Å². The molecule has 1 aromatic carbocycles. The number of pyridine rings is 1. The highest BCUT2D eigenvalue weighted by Crippen LogP contribution is 2.10. The summed E-state index contributed by atoms with van der Waals surface area (Å²) < 4.78 is 5.12. The summed E-state index contributed by atoms with van der Waals surface area (Å²) in [6.07, 6.45) is 1.72. The zero-order valence-corrected chi connectivity index (χ0v) is 14.1. The van der Waals surface area contributed by atoms with Crippen LogP contribution < -0.4 is 15.4 Å². The number of hydrogen-bond acceptors (Lipinski definition) is 3. The van der Waals surface area contributed by atoms with E-state index in [0.717, 1.165) is 28.7 Å². The summed E-state index contributed by atoms with van der Waals surface area (Å²) in [7, 11) is 1.60. The maximum atomic E-state index is 5.89. The van der Waals surface area contributed by atoms with Gasteiger partial charge in [-0.05, 0) is 36.2 Å². The quantitative estimate of drug-likeness (QED) is 0.630. The van der Waals surface area contributed by atoms with Gasteiger partial charge >= 0.3 is 0 Å². The number of benzene rings is 1. The number of nitrogens with one attached hydrogen (secondary N) is 2. The normalized spacial score (nSPS) is 11.2. The molecule has 2 aromatic rings. The van der Waals surface area contributed by atoms with E-state index in [-0.39, 0.29) is 0 Å². The Balaban J connectivity index is 1.97. The molecule has 0 atom stereocenters. The van der Waals surface area contributed by atoms with Crippen LogP contribution in [0.3, 0.4) is 0 Å². The zero-order valence-electron chi connectivity index (χ0n) is 13.3. The molecule has 23 heavy (non-hydrogen) atoms. The summed E-state index contributed by atoms with van der Waals surface area (Å²) in [6.45, 7) is 4.07. The van der Waals surface area contributed by atoms with Crippen molar-refractivity contribution in [2.24, 2.45) is 4.99 Å². The summed E-state index contributed by atoms with van der Waals surface area (Å²) in [5, 5.41) is 7.27. The molecule has 2 rings (SSSR count). The van der Waals surface area contributed by atoms with E-state index in [1.807, 2.05) is 43.3 Å². The standard InChI is InChI=1S/C17H21ClN4O/c1-3-19-17(21-11-13-4-6-15(18)7-5-13)22-12-14-8-9-20-16(10-14)23-2/h4-10H,3,11-12H2,1-2H3,(H2,19,21,22). The van der Waals surface area contributed by atoms with Crippen LogP contribution in [0.25, 0.3) is 0 Å². The largest absolute Gasteiger partial charge is 0.481 e. The van der Waals surface area contributed by atoms with Gasteiger partial charge in [-0.2, -0.15) is 0 Å². The van der Waals surface area contributed by atoms with E-state index in [9.17, 15) is 0 Å². The Morgan fingerprint density at radius 3 is 2.65 bits per heavy atom. The molecule has 0 radical (unpaired) electrons. The topological polar surface area (TPSA) is 58.5 Å². The summed E-state index contributed by atoms with van der Waals surface area (Å²) in [6, 6.07) is 11.6. The Hall–Kier alpha value is -2.27. The molecule has 0 aliphatic heterocycles. The van der Waals surface area contributed by atoms with Gasteiger partial charge in [-0.25, -0.2) is 9.98 Å². The SMILES string of the molecule is CCNC(=NCc1ccnc(OC)c1)NCc1ccc(Cl)cc1. The lowest BCUT2D eigenvalue weighted by molar-refractivity contribution is 0.397. The molecule has 122 valence electrons. The van der Waals surface area contributed by atoms with Gasteiger partial charge in [0.05, 0.1) is 13.7 Å². The average Bonchev–Trinajstić information content (AvgIpc) is 2.59. The molecule has 0 spiro atoms. The lowest BCUT2D eigenvalue weighted by atomic mass is 10.2. The number of aliphatic imine (C=N–C) groups is 1. The number of methoxy groups -OCH3 is 1. The molecule has 1 heterocycles. The third-order valence-electron chi connectivity index (χ3n) is 3.15. The van der Waals surface area contributed by atoms with Crippen LogP contribution in [0.1, 0.15) is 18.1 Å². The van der Waals surface area contributed by atoms with Gasteiger partial charge in [0.25, 0.3) is 0 Å². The zero-order chi connectivity index (χ0) is 16.5. The minimum absolute atomic E-state index is 0.550. The lowest BCUT2D eigenvalue weighted by Crippen LogP contribution is -2.36. The average molecular weight is 333 g/mol. The third kappa shape index (κ3) is 5.79. The van der Waals surface area contributed by atoms with E-state index < -0.39 is 0 Å². The second kappa shape index (κ2) is 9.00. The van der Waals surface area contributed by atoms with Crippen LogP contribution >= 0.6 is 11.6 Å². The van der Waals surface area contributed by atoms with Crippen molar-refractivity contribution < 1.29 is 4.74 Å². The molecule has 6 heteroatoms. The maximum Gasteiger partial charge on any atom is 0.213 e. The third-order valence-corrected chi connectivity index (χ3v) is 3.40. The van der Waals surface area contributed by atoms with Crippen LogP contribution in [0.4, 0.5) is 0 Å². The predicted octanol–water partition coefficient (Wildman–Crippen LogP) is 3.00. The Morgan fingerprint density at radius 2 is 1.96 bits per heavy atom. The molecule has 0 fully saturated rings. The van der Waals surface area contributed by atoms with E-state index in [0.29, 0.717) is 19.0 Å². The molecular formula is C17H21ClN4O. The van der Waals surface area contributed by atoms with Crippen LogP contribution in [0.5, 0.6) is 5.88 Å². The fraction of sp³-hybridized carbons (Fsp3) is 0.294. The highest BCUT2D eigenvalue weighted by atomic mass is 35.5. The van der Waals surface area contributed by atoms with Gasteiger partial charge in [-0.15, -0.1) is 0 Å². The summed E-state index contributed by atoms with van der Waals surface area (Å²) in [5.41, 5.74) is 2.19. The van der Waals surface area contributed by atoms with Crippen molar-refractivity contribution in [3.63, 3.8) is 0 Å². The molecule has 1 aromatic heterocycles. The molecule has 0 unspecified atom stereocenters. The van der Waals surface area contributed by atoms with Gasteiger partial charge in [-0.3, -0.25) is 0 Å².